The molecule has 1 heterocycles. The van der Waals surface area contributed by atoms with Crippen LogP contribution in [0.5, 0.6) is 0 Å². The van der Waals surface area contributed by atoms with Gasteiger partial charge in [0.2, 0.25) is 0 Å². The summed E-state index contributed by atoms with van der Waals surface area (Å²) in [4.78, 5) is 2.69. The molecular formula is C22H41N. The minimum absolute atomic E-state index is 0.521. The summed E-state index contributed by atoms with van der Waals surface area (Å²) in [7, 11) is 0. The molecule has 0 N–H and O–H groups in total. The second-order valence-electron chi connectivity index (χ2n) is 11.0. The standard InChI is InChI=1S/C22H41N/c1-16(23-10-7-11-23)12-18-14-20(18)22(5,6)15-17-8-9-19(13-17)21(2,3)4/h16-20H,7-15H2,1-6H3. The maximum Gasteiger partial charge on any atom is 0.00696 e. The molecule has 1 saturated heterocycles. The molecule has 0 spiro atoms. The minimum Gasteiger partial charge on any atom is -0.301 e. The van der Waals surface area contributed by atoms with Crippen molar-refractivity contribution < 1.29 is 0 Å². The molecule has 2 saturated carbocycles. The third kappa shape index (κ3) is 4.14. The van der Waals surface area contributed by atoms with Gasteiger partial charge in [-0.3, -0.25) is 0 Å². The van der Waals surface area contributed by atoms with E-state index < -0.39 is 0 Å². The Morgan fingerprint density at radius 3 is 2.22 bits per heavy atom. The van der Waals surface area contributed by atoms with Crippen molar-refractivity contribution in [1.82, 2.24) is 4.90 Å². The highest BCUT2D eigenvalue weighted by atomic mass is 15.2. The van der Waals surface area contributed by atoms with E-state index in [4.69, 9.17) is 0 Å². The van der Waals surface area contributed by atoms with Crippen LogP contribution in [0.4, 0.5) is 0 Å². The van der Waals surface area contributed by atoms with Crippen molar-refractivity contribution >= 4 is 0 Å². The Labute approximate surface area is 145 Å². The van der Waals surface area contributed by atoms with E-state index in [9.17, 15) is 0 Å². The molecule has 1 heteroatoms. The van der Waals surface area contributed by atoms with Crippen molar-refractivity contribution in [1.29, 1.82) is 0 Å². The molecule has 2 aliphatic carbocycles. The van der Waals surface area contributed by atoms with Crippen LogP contribution in [0.2, 0.25) is 0 Å². The zero-order valence-corrected chi connectivity index (χ0v) is 16.7. The quantitative estimate of drug-likeness (QED) is 0.581. The van der Waals surface area contributed by atoms with Gasteiger partial charge >= 0.3 is 0 Å². The van der Waals surface area contributed by atoms with Gasteiger partial charge in [0.15, 0.2) is 0 Å². The van der Waals surface area contributed by atoms with Crippen LogP contribution in [0.1, 0.15) is 86.5 Å². The maximum atomic E-state index is 2.69. The first kappa shape index (κ1) is 17.8. The minimum atomic E-state index is 0.521. The summed E-state index contributed by atoms with van der Waals surface area (Å²) in [5.41, 5.74) is 1.10. The van der Waals surface area contributed by atoms with Gasteiger partial charge in [0.1, 0.15) is 0 Å². The average Bonchev–Trinajstić information content (AvgIpc) is 2.95. The van der Waals surface area contributed by atoms with Gasteiger partial charge in [-0.2, -0.15) is 0 Å². The van der Waals surface area contributed by atoms with E-state index in [1.165, 1.54) is 58.0 Å². The Morgan fingerprint density at radius 1 is 1.00 bits per heavy atom. The van der Waals surface area contributed by atoms with Gasteiger partial charge in [0, 0.05) is 6.04 Å². The van der Waals surface area contributed by atoms with E-state index in [2.05, 4.69) is 46.4 Å². The molecule has 0 radical (unpaired) electrons. The molecule has 5 atom stereocenters. The van der Waals surface area contributed by atoms with Crippen LogP contribution in [-0.4, -0.2) is 24.0 Å². The van der Waals surface area contributed by atoms with Crippen LogP contribution in [0.3, 0.4) is 0 Å². The van der Waals surface area contributed by atoms with Gasteiger partial charge in [-0.25, -0.2) is 0 Å². The van der Waals surface area contributed by atoms with Crippen molar-refractivity contribution in [2.45, 2.75) is 92.5 Å². The maximum absolute atomic E-state index is 2.69. The zero-order valence-electron chi connectivity index (χ0n) is 16.7. The highest BCUT2D eigenvalue weighted by molar-refractivity contribution is 4.99. The van der Waals surface area contributed by atoms with Gasteiger partial charge in [0.25, 0.3) is 0 Å². The van der Waals surface area contributed by atoms with Crippen LogP contribution in [0.25, 0.3) is 0 Å². The molecule has 3 rings (SSSR count). The molecule has 1 nitrogen and oxygen atoms in total. The highest BCUT2D eigenvalue weighted by Crippen LogP contribution is 2.57. The first-order chi connectivity index (χ1) is 10.7. The van der Waals surface area contributed by atoms with Crippen LogP contribution in [-0.2, 0) is 0 Å². The molecule has 0 bridgehead atoms. The van der Waals surface area contributed by atoms with Crippen molar-refractivity contribution in [3.63, 3.8) is 0 Å². The summed E-state index contributed by atoms with van der Waals surface area (Å²) in [6.45, 7) is 17.7. The van der Waals surface area contributed by atoms with Gasteiger partial charge in [-0.1, -0.05) is 41.0 Å². The van der Waals surface area contributed by atoms with Crippen molar-refractivity contribution in [2.75, 3.05) is 13.1 Å². The fourth-order valence-electron chi connectivity index (χ4n) is 5.78. The van der Waals surface area contributed by atoms with E-state index in [1.54, 1.807) is 0 Å². The Morgan fingerprint density at radius 2 is 1.70 bits per heavy atom. The molecule has 3 fully saturated rings. The SMILES string of the molecule is CC(CC1CC1C(C)(C)CC1CCC(C(C)(C)C)C1)N1CCC1. The highest BCUT2D eigenvalue weighted by Gasteiger charge is 2.49. The van der Waals surface area contributed by atoms with Crippen LogP contribution >= 0.6 is 0 Å². The fraction of sp³-hybridized carbons (Fsp3) is 1.00. The predicted molar refractivity (Wildman–Crippen MR) is 101 cm³/mol. The first-order valence-corrected chi connectivity index (χ1v) is 10.4. The number of nitrogens with zero attached hydrogens (tertiary/aromatic N) is 1. The summed E-state index contributed by atoms with van der Waals surface area (Å²) >= 11 is 0. The van der Waals surface area contributed by atoms with Gasteiger partial charge in [-0.15, -0.1) is 0 Å². The van der Waals surface area contributed by atoms with Crippen LogP contribution in [0, 0.1) is 34.5 Å². The van der Waals surface area contributed by atoms with Crippen molar-refractivity contribution in [3.8, 4) is 0 Å². The average molecular weight is 320 g/mol. The van der Waals surface area contributed by atoms with E-state index in [1.807, 2.05) is 0 Å². The smallest absolute Gasteiger partial charge is 0.00696 e. The van der Waals surface area contributed by atoms with Crippen molar-refractivity contribution in [2.24, 2.45) is 34.5 Å². The number of likely N-dealkylation sites (tertiary alicyclic amines) is 1. The molecular weight excluding hydrogens is 278 g/mol. The lowest BCUT2D eigenvalue weighted by molar-refractivity contribution is 0.113. The zero-order chi connectivity index (χ0) is 16.8. The largest absolute Gasteiger partial charge is 0.301 e. The van der Waals surface area contributed by atoms with E-state index in [0.29, 0.717) is 10.8 Å². The van der Waals surface area contributed by atoms with E-state index >= 15 is 0 Å². The summed E-state index contributed by atoms with van der Waals surface area (Å²) in [5.74, 6) is 4.01. The topological polar surface area (TPSA) is 3.24 Å². The lowest BCUT2D eigenvalue weighted by Gasteiger charge is -2.37. The molecule has 0 amide bonds. The fourth-order valence-corrected chi connectivity index (χ4v) is 5.78. The molecule has 0 aromatic rings. The third-order valence-corrected chi connectivity index (χ3v) is 7.66. The Kier molecular flexibility index (Phi) is 4.91. The summed E-state index contributed by atoms with van der Waals surface area (Å²) in [6.07, 6.45) is 10.4. The van der Waals surface area contributed by atoms with E-state index in [0.717, 1.165) is 29.7 Å². The van der Waals surface area contributed by atoms with Gasteiger partial charge < -0.3 is 4.90 Å². The lowest BCUT2D eigenvalue weighted by Crippen LogP contribution is -2.43. The Balaban J connectivity index is 1.45. The molecule has 0 aromatic carbocycles. The second kappa shape index (κ2) is 6.36. The summed E-state index contributed by atoms with van der Waals surface area (Å²) in [6, 6.07) is 0.839. The first-order valence-electron chi connectivity index (χ1n) is 10.4. The monoisotopic (exact) mass is 319 g/mol. The molecule has 3 aliphatic rings. The molecule has 134 valence electrons. The summed E-state index contributed by atoms with van der Waals surface area (Å²) < 4.78 is 0. The van der Waals surface area contributed by atoms with Crippen molar-refractivity contribution in [3.05, 3.63) is 0 Å². The van der Waals surface area contributed by atoms with Gasteiger partial charge in [-0.05, 0) is 93.0 Å². The Hall–Kier alpha value is -0.0400. The predicted octanol–water partition coefficient (Wildman–Crippen LogP) is 5.99. The normalized spacial score (nSPS) is 36.8. The molecule has 23 heavy (non-hydrogen) atoms. The van der Waals surface area contributed by atoms with E-state index in [-0.39, 0.29) is 0 Å². The number of hydrogen-bond acceptors (Lipinski definition) is 1. The van der Waals surface area contributed by atoms with Gasteiger partial charge in [0.05, 0.1) is 0 Å². The number of hydrogen-bond donors (Lipinski definition) is 0. The lowest BCUT2D eigenvalue weighted by atomic mass is 9.75. The summed E-state index contributed by atoms with van der Waals surface area (Å²) in [5, 5.41) is 0. The Bertz CT molecular complexity index is 401. The molecule has 5 unspecified atom stereocenters. The van der Waals surface area contributed by atoms with Crippen LogP contribution < -0.4 is 0 Å². The third-order valence-electron chi connectivity index (χ3n) is 7.66. The second-order valence-corrected chi connectivity index (χ2v) is 11.0. The van der Waals surface area contributed by atoms with Crippen LogP contribution in [0.15, 0.2) is 0 Å². The molecule has 0 aromatic heterocycles. The molecule has 1 aliphatic heterocycles. The number of rotatable bonds is 6.